The average molecular weight is 266 g/mol. The molecular weight excluding hydrogens is 252 g/mol. The Bertz CT molecular complexity index is 511. The zero-order valence-electron chi connectivity index (χ0n) is 10.3. The van der Waals surface area contributed by atoms with Crippen LogP contribution in [0.5, 0.6) is 5.88 Å². The first kappa shape index (κ1) is 13.2. The van der Waals surface area contributed by atoms with Gasteiger partial charge in [-0.15, -0.1) is 5.10 Å². The highest BCUT2D eigenvalue weighted by Gasteiger charge is 2.32. The Morgan fingerprint density at radius 2 is 2.47 bits per heavy atom. The monoisotopic (exact) mass is 266 g/mol. The van der Waals surface area contributed by atoms with Gasteiger partial charge in [0.25, 0.3) is 5.91 Å². The Labute approximate surface area is 108 Å². The standard InChI is InChI=1S/C11H14N4O4/c1-6-2-10(14-13-6)19-7-3-8(11(17)15-18)9(5-16)12-4-7/h2,5,7-8,18H,3-4H2,1H3,(H,13,14)(H,15,17)/t7?,8-/m0/s1. The number of carbonyl (C=O) groups is 2. The first-order valence-electron chi connectivity index (χ1n) is 5.76. The molecule has 0 aromatic carbocycles. The summed E-state index contributed by atoms with van der Waals surface area (Å²) in [4.78, 5) is 26.3. The fourth-order valence-electron chi connectivity index (χ4n) is 1.92. The van der Waals surface area contributed by atoms with Gasteiger partial charge in [-0.25, -0.2) is 5.48 Å². The van der Waals surface area contributed by atoms with Gasteiger partial charge >= 0.3 is 0 Å². The van der Waals surface area contributed by atoms with Gasteiger partial charge in [0.1, 0.15) is 6.10 Å². The number of hydrogen-bond donors (Lipinski definition) is 3. The van der Waals surface area contributed by atoms with Crippen molar-refractivity contribution in [3.05, 3.63) is 11.8 Å². The SMILES string of the molecule is Cc1cc(OC2CN=C(C=O)[C@@H](C(=O)NO)C2)n[nH]1. The number of aromatic nitrogens is 2. The lowest BCUT2D eigenvalue weighted by Crippen LogP contribution is -2.42. The first-order valence-corrected chi connectivity index (χ1v) is 5.76. The van der Waals surface area contributed by atoms with E-state index in [4.69, 9.17) is 9.94 Å². The van der Waals surface area contributed by atoms with E-state index in [1.807, 2.05) is 6.92 Å². The van der Waals surface area contributed by atoms with Gasteiger partial charge in [0.15, 0.2) is 6.29 Å². The lowest BCUT2D eigenvalue weighted by molar-refractivity contribution is -0.132. The summed E-state index contributed by atoms with van der Waals surface area (Å²) in [6.07, 6.45) is 0.415. The van der Waals surface area contributed by atoms with Crippen molar-refractivity contribution in [3.8, 4) is 5.88 Å². The maximum Gasteiger partial charge on any atom is 0.252 e. The van der Waals surface area contributed by atoms with Gasteiger partial charge in [0.05, 0.1) is 18.2 Å². The number of aldehydes is 1. The van der Waals surface area contributed by atoms with Crippen molar-refractivity contribution in [2.45, 2.75) is 19.4 Å². The largest absolute Gasteiger partial charge is 0.471 e. The van der Waals surface area contributed by atoms with E-state index < -0.39 is 11.8 Å². The predicted molar refractivity (Wildman–Crippen MR) is 64.1 cm³/mol. The van der Waals surface area contributed by atoms with Crippen molar-refractivity contribution >= 4 is 17.9 Å². The van der Waals surface area contributed by atoms with Crippen LogP contribution in [0.15, 0.2) is 11.1 Å². The van der Waals surface area contributed by atoms with E-state index in [0.29, 0.717) is 12.2 Å². The molecule has 3 N–H and O–H groups in total. The molecule has 0 saturated carbocycles. The number of hydrogen-bond acceptors (Lipinski definition) is 6. The van der Waals surface area contributed by atoms with Crippen LogP contribution in [0.25, 0.3) is 0 Å². The number of amides is 1. The molecule has 102 valence electrons. The molecule has 1 unspecified atom stereocenters. The molecule has 1 amide bonds. The zero-order valence-corrected chi connectivity index (χ0v) is 10.3. The molecular formula is C11H14N4O4. The van der Waals surface area contributed by atoms with E-state index in [-0.39, 0.29) is 24.8 Å². The number of carbonyl (C=O) groups excluding carboxylic acids is 2. The summed E-state index contributed by atoms with van der Waals surface area (Å²) in [5.74, 6) is -1.06. The summed E-state index contributed by atoms with van der Waals surface area (Å²) < 4.78 is 5.57. The van der Waals surface area contributed by atoms with Crippen LogP contribution in [0.3, 0.4) is 0 Å². The molecule has 8 heteroatoms. The lowest BCUT2D eigenvalue weighted by Gasteiger charge is -2.25. The van der Waals surface area contributed by atoms with Crippen LogP contribution in [-0.2, 0) is 9.59 Å². The van der Waals surface area contributed by atoms with Crippen LogP contribution in [-0.4, -0.2) is 46.0 Å². The van der Waals surface area contributed by atoms with Crippen LogP contribution >= 0.6 is 0 Å². The van der Waals surface area contributed by atoms with Gasteiger partial charge in [-0.2, -0.15) is 0 Å². The molecule has 0 radical (unpaired) electrons. The normalized spacial score (nSPS) is 22.5. The maximum absolute atomic E-state index is 11.5. The number of aliphatic imine (C=N–C) groups is 1. The number of aryl methyl sites for hydroxylation is 1. The molecule has 1 aliphatic rings. The molecule has 1 aromatic heterocycles. The van der Waals surface area contributed by atoms with Crippen molar-refractivity contribution in [2.24, 2.45) is 10.9 Å². The summed E-state index contributed by atoms with van der Waals surface area (Å²) in [5, 5.41) is 15.3. The summed E-state index contributed by atoms with van der Waals surface area (Å²) in [5.41, 5.74) is 2.50. The Balaban J connectivity index is 2.07. The summed E-state index contributed by atoms with van der Waals surface area (Å²) in [6.45, 7) is 2.11. The van der Waals surface area contributed by atoms with E-state index in [0.717, 1.165) is 5.69 Å². The smallest absolute Gasteiger partial charge is 0.252 e. The zero-order chi connectivity index (χ0) is 13.8. The van der Waals surface area contributed by atoms with Gasteiger partial charge in [-0.1, -0.05) is 0 Å². The molecule has 0 spiro atoms. The Hall–Kier alpha value is -2.22. The number of nitrogens with one attached hydrogen (secondary N) is 2. The third-order valence-corrected chi connectivity index (χ3v) is 2.85. The minimum Gasteiger partial charge on any atom is -0.471 e. The number of ether oxygens (including phenoxy) is 1. The van der Waals surface area contributed by atoms with Crippen LogP contribution < -0.4 is 10.2 Å². The quantitative estimate of drug-likeness (QED) is 0.390. The maximum atomic E-state index is 11.5. The first-order chi connectivity index (χ1) is 9.13. The van der Waals surface area contributed by atoms with Crippen LogP contribution in [0, 0.1) is 12.8 Å². The molecule has 1 aromatic rings. The number of aromatic amines is 1. The molecule has 1 aliphatic heterocycles. The molecule has 2 atom stereocenters. The summed E-state index contributed by atoms with van der Waals surface area (Å²) >= 11 is 0. The van der Waals surface area contributed by atoms with E-state index in [1.54, 1.807) is 6.07 Å². The van der Waals surface area contributed by atoms with E-state index in [9.17, 15) is 9.59 Å². The van der Waals surface area contributed by atoms with E-state index in [1.165, 1.54) is 5.48 Å². The van der Waals surface area contributed by atoms with Crippen molar-refractivity contribution in [2.75, 3.05) is 6.54 Å². The number of rotatable bonds is 4. The van der Waals surface area contributed by atoms with Gasteiger partial charge < -0.3 is 4.74 Å². The molecule has 0 bridgehead atoms. The highest BCUT2D eigenvalue weighted by Crippen LogP contribution is 2.20. The molecule has 8 nitrogen and oxygen atoms in total. The molecule has 2 heterocycles. The summed E-state index contributed by atoms with van der Waals surface area (Å²) in [7, 11) is 0. The minimum atomic E-state index is -0.804. The highest BCUT2D eigenvalue weighted by molar-refractivity contribution is 6.34. The lowest BCUT2D eigenvalue weighted by atomic mass is 9.93. The third kappa shape index (κ3) is 2.97. The highest BCUT2D eigenvalue weighted by atomic mass is 16.5. The fraction of sp³-hybridized carbons (Fsp3) is 0.455. The van der Waals surface area contributed by atoms with Crippen LogP contribution in [0.4, 0.5) is 0 Å². The molecule has 0 aliphatic carbocycles. The predicted octanol–water partition coefficient (Wildman–Crippen LogP) is -0.369. The number of H-pyrrole nitrogens is 1. The van der Waals surface area contributed by atoms with Crippen LogP contribution in [0.1, 0.15) is 12.1 Å². The van der Waals surface area contributed by atoms with E-state index in [2.05, 4.69) is 15.2 Å². The number of nitrogens with zero attached hydrogens (tertiary/aromatic N) is 2. The fourth-order valence-corrected chi connectivity index (χ4v) is 1.92. The van der Waals surface area contributed by atoms with Gasteiger partial charge in [0.2, 0.25) is 5.88 Å². The van der Waals surface area contributed by atoms with Crippen molar-refractivity contribution in [1.29, 1.82) is 0 Å². The van der Waals surface area contributed by atoms with Gasteiger partial charge in [-0.05, 0) is 6.92 Å². The number of hydroxylamine groups is 1. The Morgan fingerprint density at radius 3 is 3.05 bits per heavy atom. The average Bonchev–Trinajstić information content (AvgIpc) is 2.83. The second-order valence-corrected chi connectivity index (χ2v) is 4.28. The topological polar surface area (TPSA) is 117 Å². The minimum absolute atomic E-state index is 0.115. The van der Waals surface area contributed by atoms with Crippen LogP contribution in [0.2, 0.25) is 0 Å². The van der Waals surface area contributed by atoms with Crippen molar-refractivity contribution in [1.82, 2.24) is 15.7 Å². The molecule has 0 fully saturated rings. The summed E-state index contributed by atoms with van der Waals surface area (Å²) in [6, 6.07) is 1.72. The third-order valence-electron chi connectivity index (χ3n) is 2.85. The molecule has 19 heavy (non-hydrogen) atoms. The van der Waals surface area contributed by atoms with Gasteiger partial charge in [0, 0.05) is 18.2 Å². The Morgan fingerprint density at radius 1 is 1.68 bits per heavy atom. The second kappa shape index (κ2) is 5.61. The molecule has 0 saturated heterocycles. The Kier molecular flexibility index (Phi) is 3.91. The second-order valence-electron chi connectivity index (χ2n) is 4.28. The van der Waals surface area contributed by atoms with E-state index >= 15 is 0 Å². The molecule has 2 rings (SSSR count). The van der Waals surface area contributed by atoms with Gasteiger partial charge in [-0.3, -0.25) is 24.9 Å². The van der Waals surface area contributed by atoms with Crippen molar-refractivity contribution < 1.29 is 19.5 Å². The van der Waals surface area contributed by atoms with Crippen molar-refractivity contribution in [3.63, 3.8) is 0 Å².